The van der Waals surface area contributed by atoms with Gasteiger partial charge in [0.1, 0.15) is 5.90 Å². The fourth-order valence-electron chi connectivity index (χ4n) is 1.36. The van der Waals surface area contributed by atoms with E-state index >= 15 is 0 Å². The zero-order valence-electron chi connectivity index (χ0n) is 13.1. The maximum absolute atomic E-state index is 12.5. The second-order valence-electron chi connectivity index (χ2n) is 4.72. The minimum atomic E-state index is -3.28. The molecule has 20 heavy (non-hydrogen) atoms. The molecular weight excluding hydrogens is 298 g/mol. The van der Waals surface area contributed by atoms with Gasteiger partial charge in [-0.15, -0.1) is 0 Å². The van der Waals surface area contributed by atoms with Crippen LogP contribution in [0.3, 0.4) is 0 Å². The second kappa shape index (κ2) is 13.0. The van der Waals surface area contributed by atoms with Gasteiger partial charge in [0.25, 0.3) is 0 Å². The first-order valence-corrected chi connectivity index (χ1v) is 10.9. The minimum absolute atomic E-state index is 0.102. The summed E-state index contributed by atoms with van der Waals surface area (Å²) in [5.74, 6) is -0.102. The SMILES string of the molecule is CCCCO[PH](=O)CP(=O)(OCCCC)OCCCC. The van der Waals surface area contributed by atoms with Crippen LogP contribution in [0.25, 0.3) is 0 Å². The van der Waals surface area contributed by atoms with Crippen molar-refractivity contribution in [3.63, 3.8) is 0 Å². The molecule has 0 radical (unpaired) electrons. The monoisotopic (exact) mass is 328 g/mol. The molecular formula is C13H30O5P2. The summed E-state index contributed by atoms with van der Waals surface area (Å²) in [7, 11) is -5.63. The van der Waals surface area contributed by atoms with Crippen molar-refractivity contribution in [3.05, 3.63) is 0 Å². The Morgan fingerprint density at radius 3 is 1.75 bits per heavy atom. The van der Waals surface area contributed by atoms with Gasteiger partial charge in [0.05, 0.1) is 19.8 Å². The van der Waals surface area contributed by atoms with Gasteiger partial charge in [-0.05, 0) is 19.3 Å². The van der Waals surface area contributed by atoms with Crippen LogP contribution in [-0.4, -0.2) is 25.7 Å². The molecule has 0 amide bonds. The van der Waals surface area contributed by atoms with Gasteiger partial charge in [0.15, 0.2) is 0 Å². The maximum atomic E-state index is 12.5. The van der Waals surface area contributed by atoms with Crippen LogP contribution in [0.4, 0.5) is 0 Å². The molecule has 0 bridgehead atoms. The highest BCUT2D eigenvalue weighted by molar-refractivity contribution is 7.65. The van der Waals surface area contributed by atoms with Crippen LogP contribution in [0.1, 0.15) is 59.3 Å². The molecule has 0 saturated carbocycles. The van der Waals surface area contributed by atoms with Gasteiger partial charge >= 0.3 is 7.60 Å². The molecule has 0 saturated heterocycles. The summed E-state index contributed by atoms with van der Waals surface area (Å²) >= 11 is 0. The lowest BCUT2D eigenvalue weighted by molar-refractivity contribution is 0.202. The summed E-state index contributed by atoms with van der Waals surface area (Å²) in [6.45, 7) is 7.30. The molecule has 0 aliphatic heterocycles. The normalized spacial score (nSPS) is 13.6. The smallest absolute Gasteiger partial charge is 0.330 e. The van der Waals surface area contributed by atoms with Gasteiger partial charge in [0, 0.05) is 0 Å². The Bertz CT molecular complexity index is 282. The Morgan fingerprint density at radius 1 is 0.850 bits per heavy atom. The molecule has 0 aromatic heterocycles. The quantitative estimate of drug-likeness (QED) is 0.329. The number of hydrogen-bond acceptors (Lipinski definition) is 5. The van der Waals surface area contributed by atoms with E-state index in [-0.39, 0.29) is 5.90 Å². The van der Waals surface area contributed by atoms with Crippen molar-refractivity contribution >= 4 is 15.6 Å². The number of rotatable bonds is 14. The molecule has 0 fully saturated rings. The first kappa shape index (κ1) is 20.3. The molecule has 1 atom stereocenters. The van der Waals surface area contributed by atoms with E-state index in [1.165, 1.54) is 0 Å². The van der Waals surface area contributed by atoms with E-state index < -0.39 is 15.6 Å². The molecule has 0 heterocycles. The fraction of sp³-hybridized carbons (Fsp3) is 1.00. The third-order valence-corrected chi connectivity index (χ3v) is 6.92. The lowest BCUT2D eigenvalue weighted by Gasteiger charge is -2.18. The van der Waals surface area contributed by atoms with E-state index in [1.807, 2.05) is 20.8 Å². The van der Waals surface area contributed by atoms with Gasteiger partial charge < -0.3 is 13.6 Å². The Labute approximate surface area is 124 Å². The number of unbranched alkanes of at least 4 members (excludes halogenated alkanes) is 3. The molecule has 0 spiro atoms. The van der Waals surface area contributed by atoms with Crippen molar-refractivity contribution < 1.29 is 22.7 Å². The summed E-state index contributed by atoms with van der Waals surface area (Å²) < 4.78 is 40.3. The molecule has 0 aromatic carbocycles. The fourth-order valence-corrected chi connectivity index (χ4v) is 4.98. The van der Waals surface area contributed by atoms with Gasteiger partial charge in [-0.3, -0.25) is 9.13 Å². The van der Waals surface area contributed by atoms with E-state index in [1.54, 1.807) is 0 Å². The topological polar surface area (TPSA) is 61.8 Å². The van der Waals surface area contributed by atoms with Gasteiger partial charge in [-0.2, -0.15) is 0 Å². The highest BCUT2D eigenvalue weighted by Gasteiger charge is 2.27. The van der Waals surface area contributed by atoms with Crippen LogP contribution in [0.2, 0.25) is 0 Å². The summed E-state index contributed by atoms with van der Waals surface area (Å²) in [5.41, 5.74) is 0. The van der Waals surface area contributed by atoms with E-state index in [2.05, 4.69) is 0 Å². The lowest BCUT2D eigenvalue weighted by Crippen LogP contribution is -2.02. The van der Waals surface area contributed by atoms with E-state index in [4.69, 9.17) is 13.6 Å². The molecule has 5 nitrogen and oxygen atoms in total. The Hall–Kier alpha value is 0.340. The molecule has 0 aromatic rings. The van der Waals surface area contributed by atoms with Crippen molar-refractivity contribution in [3.8, 4) is 0 Å². The van der Waals surface area contributed by atoms with E-state index in [9.17, 15) is 9.13 Å². The third-order valence-electron chi connectivity index (χ3n) is 2.66. The van der Waals surface area contributed by atoms with Crippen LogP contribution < -0.4 is 0 Å². The Kier molecular flexibility index (Phi) is 13.3. The predicted molar refractivity (Wildman–Crippen MR) is 84.1 cm³/mol. The van der Waals surface area contributed by atoms with Gasteiger partial charge in [0.2, 0.25) is 8.03 Å². The van der Waals surface area contributed by atoms with Crippen LogP contribution in [0.5, 0.6) is 0 Å². The zero-order chi connectivity index (χ0) is 15.3. The minimum Gasteiger partial charge on any atom is -0.330 e. The van der Waals surface area contributed by atoms with Gasteiger partial charge in [-0.1, -0.05) is 40.0 Å². The van der Waals surface area contributed by atoms with Gasteiger partial charge in [-0.25, -0.2) is 0 Å². The molecule has 122 valence electrons. The molecule has 0 aliphatic carbocycles. The summed E-state index contributed by atoms with van der Waals surface area (Å²) in [6, 6.07) is 0. The second-order valence-corrected chi connectivity index (χ2v) is 8.75. The Morgan fingerprint density at radius 2 is 1.30 bits per heavy atom. The zero-order valence-corrected chi connectivity index (χ0v) is 15.0. The highest BCUT2D eigenvalue weighted by atomic mass is 31.2. The van der Waals surface area contributed by atoms with Crippen LogP contribution in [0, 0.1) is 0 Å². The highest BCUT2D eigenvalue weighted by Crippen LogP contribution is 2.55. The summed E-state index contributed by atoms with van der Waals surface area (Å²) in [6.07, 6.45) is 5.38. The third kappa shape index (κ3) is 11.0. The lowest BCUT2D eigenvalue weighted by atomic mass is 10.4. The summed E-state index contributed by atoms with van der Waals surface area (Å²) in [4.78, 5) is 0. The summed E-state index contributed by atoms with van der Waals surface area (Å²) in [5, 5.41) is 0. The van der Waals surface area contributed by atoms with Crippen molar-refractivity contribution in [2.75, 3.05) is 25.7 Å². The predicted octanol–water partition coefficient (Wildman–Crippen LogP) is 5.06. The maximum Gasteiger partial charge on any atom is 0.340 e. The molecule has 7 heteroatoms. The van der Waals surface area contributed by atoms with Crippen molar-refractivity contribution in [1.82, 2.24) is 0 Å². The van der Waals surface area contributed by atoms with Crippen LogP contribution in [-0.2, 0) is 22.7 Å². The molecule has 0 N–H and O–H groups in total. The number of hydrogen-bond donors (Lipinski definition) is 0. The first-order valence-electron chi connectivity index (χ1n) is 7.61. The largest absolute Gasteiger partial charge is 0.340 e. The molecule has 0 rings (SSSR count). The average Bonchev–Trinajstić information content (AvgIpc) is 2.39. The Balaban J connectivity index is 4.27. The van der Waals surface area contributed by atoms with Crippen molar-refractivity contribution in [1.29, 1.82) is 0 Å². The molecule has 0 aliphatic rings. The molecule has 1 unspecified atom stereocenters. The average molecular weight is 328 g/mol. The van der Waals surface area contributed by atoms with Crippen LogP contribution >= 0.6 is 15.6 Å². The van der Waals surface area contributed by atoms with Crippen molar-refractivity contribution in [2.45, 2.75) is 59.3 Å². The van der Waals surface area contributed by atoms with Crippen LogP contribution in [0.15, 0.2) is 0 Å². The van der Waals surface area contributed by atoms with Crippen molar-refractivity contribution in [2.24, 2.45) is 0 Å². The first-order chi connectivity index (χ1) is 9.58. The van der Waals surface area contributed by atoms with E-state index in [0.717, 1.165) is 38.5 Å². The standard InChI is InChI=1S/C13H30O5P2/c1-4-7-10-16-19(14)13-20(15,17-11-8-5-2)18-12-9-6-3/h19H,4-13H2,1-3H3. The van der Waals surface area contributed by atoms with E-state index in [0.29, 0.717) is 19.8 Å².